The molecule has 0 aromatic carbocycles. The first kappa shape index (κ1) is 18.2. The van der Waals surface area contributed by atoms with Gasteiger partial charge in [0.1, 0.15) is 17.9 Å². The molecule has 2 aliphatic rings. The number of carbonyl (C=O) groups excluding carboxylic acids is 2. The van der Waals surface area contributed by atoms with Crippen molar-refractivity contribution in [2.24, 2.45) is 5.92 Å². The molecule has 1 heterocycles. The summed E-state index contributed by atoms with van der Waals surface area (Å²) >= 11 is 0. The average Bonchev–Trinajstić information content (AvgIpc) is 2.84. The van der Waals surface area contributed by atoms with E-state index in [9.17, 15) is 9.59 Å². The molecule has 1 saturated heterocycles. The average molecular weight is 325 g/mol. The van der Waals surface area contributed by atoms with Gasteiger partial charge in [-0.3, -0.25) is 4.90 Å². The monoisotopic (exact) mass is 325 g/mol. The van der Waals surface area contributed by atoms with E-state index in [1.54, 1.807) is 4.90 Å². The van der Waals surface area contributed by atoms with Gasteiger partial charge in [-0.15, -0.1) is 0 Å². The molecule has 0 N–H and O–H groups in total. The van der Waals surface area contributed by atoms with Gasteiger partial charge in [0.25, 0.3) is 0 Å². The maximum atomic E-state index is 12.7. The lowest BCUT2D eigenvalue weighted by molar-refractivity contribution is -0.118. The molecule has 1 aliphatic carbocycles. The zero-order valence-electron chi connectivity index (χ0n) is 14.9. The molecular formula is C18H31NO4. The maximum absolute atomic E-state index is 12.7. The van der Waals surface area contributed by atoms with Crippen LogP contribution in [0.5, 0.6) is 0 Å². The van der Waals surface area contributed by atoms with Gasteiger partial charge in [0.15, 0.2) is 6.29 Å². The van der Waals surface area contributed by atoms with Crippen LogP contribution in [-0.4, -0.2) is 41.3 Å². The summed E-state index contributed by atoms with van der Waals surface area (Å²) in [6.45, 7) is 7.54. The maximum Gasteiger partial charge on any atom is 0.412 e. The van der Waals surface area contributed by atoms with Crippen molar-refractivity contribution in [2.75, 3.05) is 0 Å². The molecule has 5 heteroatoms. The van der Waals surface area contributed by atoms with E-state index in [0.29, 0.717) is 12.3 Å². The number of amides is 1. The van der Waals surface area contributed by atoms with E-state index >= 15 is 0 Å². The zero-order chi connectivity index (χ0) is 17.0. The Morgan fingerprint density at radius 2 is 1.91 bits per heavy atom. The lowest BCUT2D eigenvalue weighted by atomic mass is 9.83. The van der Waals surface area contributed by atoms with Crippen LogP contribution in [0, 0.1) is 5.92 Å². The van der Waals surface area contributed by atoms with E-state index in [0.717, 1.165) is 12.7 Å². The molecule has 5 nitrogen and oxygen atoms in total. The molecule has 0 aromatic rings. The van der Waals surface area contributed by atoms with Crippen LogP contribution in [0.25, 0.3) is 0 Å². The van der Waals surface area contributed by atoms with Crippen molar-refractivity contribution in [3.8, 4) is 0 Å². The molecule has 2 fully saturated rings. The van der Waals surface area contributed by atoms with Crippen LogP contribution < -0.4 is 0 Å². The Labute approximate surface area is 139 Å². The Morgan fingerprint density at radius 3 is 2.43 bits per heavy atom. The summed E-state index contributed by atoms with van der Waals surface area (Å²) in [5.41, 5.74) is -0.552. The topological polar surface area (TPSA) is 55.8 Å². The summed E-state index contributed by atoms with van der Waals surface area (Å²) in [4.78, 5) is 25.8. The van der Waals surface area contributed by atoms with Crippen molar-refractivity contribution in [3.05, 3.63) is 0 Å². The van der Waals surface area contributed by atoms with Crippen LogP contribution >= 0.6 is 0 Å². The van der Waals surface area contributed by atoms with Crippen LogP contribution in [0.4, 0.5) is 4.79 Å². The second kappa shape index (κ2) is 7.65. The number of hydrogen-bond donors (Lipinski definition) is 0. The number of hydrogen-bond acceptors (Lipinski definition) is 4. The Morgan fingerprint density at radius 1 is 1.26 bits per heavy atom. The van der Waals surface area contributed by atoms with Crippen LogP contribution in [0.1, 0.15) is 72.6 Å². The molecule has 0 radical (unpaired) electrons. The van der Waals surface area contributed by atoms with Gasteiger partial charge in [-0.25, -0.2) is 4.79 Å². The molecule has 23 heavy (non-hydrogen) atoms. The summed E-state index contributed by atoms with van der Waals surface area (Å²) < 4.78 is 11.4. The van der Waals surface area contributed by atoms with Crippen molar-refractivity contribution in [1.82, 2.24) is 4.90 Å². The highest BCUT2D eigenvalue weighted by Gasteiger charge is 2.46. The van der Waals surface area contributed by atoms with E-state index < -0.39 is 11.7 Å². The standard InChI is InChI=1S/C18H31NO4/c1-5-16-19(17(21)23-18(2,3)4)14(15(12-20)22-16)11-13-9-7-6-8-10-13/h12-16H,5-11H2,1-4H3/t14-,15-,16?/m0/s1. The Kier molecular flexibility index (Phi) is 6.06. The molecule has 0 bridgehead atoms. The van der Waals surface area contributed by atoms with Crippen molar-refractivity contribution in [2.45, 2.75) is 96.6 Å². The fourth-order valence-electron chi connectivity index (χ4n) is 3.70. The molecule has 3 atom stereocenters. The predicted octanol–water partition coefficient (Wildman–Crippen LogP) is 3.90. The van der Waals surface area contributed by atoms with Crippen molar-refractivity contribution in [1.29, 1.82) is 0 Å². The number of rotatable bonds is 4. The second-order valence-corrected chi connectivity index (χ2v) is 7.79. The van der Waals surface area contributed by atoms with E-state index in [4.69, 9.17) is 9.47 Å². The summed E-state index contributed by atoms with van der Waals surface area (Å²) in [6, 6.07) is -0.199. The van der Waals surface area contributed by atoms with Gasteiger partial charge in [0.2, 0.25) is 0 Å². The third-order valence-electron chi connectivity index (χ3n) is 4.75. The van der Waals surface area contributed by atoms with Crippen molar-refractivity contribution in [3.63, 3.8) is 0 Å². The summed E-state index contributed by atoms with van der Waals surface area (Å²) in [5.74, 6) is 0.570. The summed E-state index contributed by atoms with van der Waals surface area (Å²) in [5, 5.41) is 0. The lowest BCUT2D eigenvalue weighted by Gasteiger charge is -2.33. The largest absolute Gasteiger partial charge is 0.444 e. The molecule has 132 valence electrons. The van der Waals surface area contributed by atoms with E-state index in [1.807, 2.05) is 27.7 Å². The fourth-order valence-corrected chi connectivity index (χ4v) is 3.70. The van der Waals surface area contributed by atoms with Gasteiger partial charge in [0.05, 0.1) is 6.04 Å². The normalized spacial score (nSPS) is 29.6. The molecule has 0 aromatic heterocycles. The summed E-state index contributed by atoms with van der Waals surface area (Å²) in [7, 11) is 0. The minimum absolute atomic E-state index is 0.199. The highest BCUT2D eigenvalue weighted by Crippen LogP contribution is 2.35. The first-order chi connectivity index (χ1) is 10.9. The van der Waals surface area contributed by atoms with Gasteiger partial charge in [-0.2, -0.15) is 0 Å². The number of aldehydes is 1. The molecule has 1 aliphatic heterocycles. The SMILES string of the molecule is CCC1O[C@@H](C=O)[C@H](CC2CCCCC2)N1C(=O)OC(C)(C)C. The Bertz CT molecular complexity index is 412. The van der Waals surface area contributed by atoms with Crippen LogP contribution in [0.2, 0.25) is 0 Å². The minimum atomic E-state index is -0.552. The molecular weight excluding hydrogens is 294 g/mol. The van der Waals surface area contributed by atoms with Crippen molar-refractivity contribution >= 4 is 12.4 Å². The first-order valence-corrected chi connectivity index (χ1v) is 8.97. The fraction of sp³-hybridized carbons (Fsp3) is 0.889. The van der Waals surface area contributed by atoms with Gasteiger partial charge in [-0.1, -0.05) is 39.0 Å². The van der Waals surface area contributed by atoms with E-state index in [2.05, 4.69) is 0 Å². The summed E-state index contributed by atoms with van der Waals surface area (Å²) in [6.07, 6.45) is 7.22. The van der Waals surface area contributed by atoms with Crippen LogP contribution in [-0.2, 0) is 14.3 Å². The zero-order valence-corrected chi connectivity index (χ0v) is 14.9. The second-order valence-electron chi connectivity index (χ2n) is 7.79. The number of ether oxygens (including phenoxy) is 2. The van der Waals surface area contributed by atoms with Crippen LogP contribution in [0.3, 0.4) is 0 Å². The number of carbonyl (C=O) groups is 2. The quantitative estimate of drug-likeness (QED) is 0.736. The minimum Gasteiger partial charge on any atom is -0.444 e. The number of nitrogens with zero attached hydrogens (tertiary/aromatic N) is 1. The van der Waals surface area contributed by atoms with Crippen molar-refractivity contribution < 1.29 is 19.1 Å². The van der Waals surface area contributed by atoms with Crippen LogP contribution in [0.15, 0.2) is 0 Å². The Balaban J connectivity index is 2.14. The van der Waals surface area contributed by atoms with Gasteiger partial charge >= 0.3 is 6.09 Å². The smallest absolute Gasteiger partial charge is 0.412 e. The van der Waals surface area contributed by atoms with Gasteiger partial charge < -0.3 is 14.3 Å². The lowest BCUT2D eigenvalue weighted by Crippen LogP contribution is -2.46. The molecule has 2 rings (SSSR count). The third kappa shape index (κ3) is 4.69. The molecule has 1 saturated carbocycles. The molecule has 0 spiro atoms. The molecule has 1 unspecified atom stereocenters. The highest BCUT2D eigenvalue weighted by molar-refractivity contribution is 5.71. The first-order valence-electron chi connectivity index (χ1n) is 8.97. The highest BCUT2D eigenvalue weighted by atomic mass is 16.6. The molecule has 1 amide bonds. The van der Waals surface area contributed by atoms with Gasteiger partial charge in [0, 0.05) is 0 Å². The third-order valence-corrected chi connectivity index (χ3v) is 4.75. The van der Waals surface area contributed by atoms with E-state index in [1.165, 1.54) is 32.1 Å². The van der Waals surface area contributed by atoms with Gasteiger partial charge in [-0.05, 0) is 39.5 Å². The predicted molar refractivity (Wildman–Crippen MR) is 88.1 cm³/mol. The van der Waals surface area contributed by atoms with E-state index in [-0.39, 0.29) is 18.4 Å². The Hall–Kier alpha value is -1.10.